The Morgan fingerprint density at radius 2 is 1.82 bits per heavy atom. The SMILES string of the molecule is Cc1cc(NS(=O)(=O)CCNS(=O)(=O)c2ccccc2)no1. The Morgan fingerprint density at radius 3 is 2.41 bits per heavy atom. The number of hydrogen-bond acceptors (Lipinski definition) is 6. The summed E-state index contributed by atoms with van der Waals surface area (Å²) < 4.78 is 56.6. The minimum absolute atomic E-state index is 0.0587. The highest BCUT2D eigenvalue weighted by atomic mass is 32.2. The number of benzene rings is 1. The summed E-state index contributed by atoms with van der Waals surface area (Å²) in [6, 6.07) is 9.12. The van der Waals surface area contributed by atoms with Crippen molar-refractivity contribution < 1.29 is 21.4 Å². The zero-order chi connectivity index (χ0) is 16.2. The van der Waals surface area contributed by atoms with Gasteiger partial charge in [-0.3, -0.25) is 4.72 Å². The predicted molar refractivity (Wildman–Crippen MR) is 80.3 cm³/mol. The van der Waals surface area contributed by atoms with Gasteiger partial charge in [-0.25, -0.2) is 21.6 Å². The fourth-order valence-electron chi connectivity index (χ4n) is 1.62. The highest BCUT2D eigenvalue weighted by Crippen LogP contribution is 2.10. The van der Waals surface area contributed by atoms with Gasteiger partial charge in [-0.2, -0.15) is 0 Å². The minimum Gasteiger partial charge on any atom is -0.360 e. The Labute approximate surface area is 128 Å². The monoisotopic (exact) mass is 345 g/mol. The molecule has 120 valence electrons. The first kappa shape index (κ1) is 16.5. The molecule has 1 aromatic carbocycles. The molecule has 1 aromatic heterocycles. The van der Waals surface area contributed by atoms with Crippen molar-refractivity contribution in [2.45, 2.75) is 11.8 Å². The van der Waals surface area contributed by atoms with E-state index in [1.807, 2.05) is 0 Å². The van der Waals surface area contributed by atoms with Gasteiger partial charge in [0, 0.05) is 12.6 Å². The minimum atomic E-state index is -3.73. The van der Waals surface area contributed by atoms with Gasteiger partial charge in [-0.15, -0.1) is 0 Å². The average molecular weight is 345 g/mol. The molecule has 22 heavy (non-hydrogen) atoms. The molecule has 0 aliphatic heterocycles. The molecule has 0 amide bonds. The van der Waals surface area contributed by atoms with E-state index in [-0.39, 0.29) is 17.3 Å². The van der Waals surface area contributed by atoms with E-state index >= 15 is 0 Å². The van der Waals surface area contributed by atoms with Crippen molar-refractivity contribution in [3.05, 3.63) is 42.2 Å². The van der Waals surface area contributed by atoms with E-state index in [2.05, 4.69) is 14.6 Å². The topological polar surface area (TPSA) is 118 Å². The first-order valence-electron chi connectivity index (χ1n) is 6.27. The van der Waals surface area contributed by atoms with Crippen LogP contribution in [0.2, 0.25) is 0 Å². The number of anilines is 1. The molecule has 0 radical (unpaired) electrons. The third-order valence-corrected chi connectivity index (χ3v) is 5.34. The summed E-state index contributed by atoms with van der Waals surface area (Å²) in [5.41, 5.74) is 0. The Hall–Kier alpha value is -1.91. The molecular formula is C12H15N3O5S2. The van der Waals surface area contributed by atoms with Gasteiger partial charge in [-0.1, -0.05) is 23.4 Å². The maximum absolute atomic E-state index is 11.9. The van der Waals surface area contributed by atoms with Crippen LogP contribution in [0.5, 0.6) is 0 Å². The standard InChI is InChI=1S/C12H15N3O5S2/c1-10-9-12(14-20-10)15-21(16,17)8-7-13-22(18,19)11-5-3-2-4-6-11/h2-6,9,13H,7-8H2,1H3,(H,14,15). The van der Waals surface area contributed by atoms with Crippen LogP contribution in [0.1, 0.15) is 5.76 Å². The van der Waals surface area contributed by atoms with Crippen molar-refractivity contribution in [3.8, 4) is 0 Å². The molecule has 0 aliphatic carbocycles. The number of sulfonamides is 2. The lowest BCUT2D eigenvalue weighted by Crippen LogP contribution is -2.31. The lowest BCUT2D eigenvalue weighted by Gasteiger charge is -2.07. The highest BCUT2D eigenvalue weighted by molar-refractivity contribution is 7.92. The van der Waals surface area contributed by atoms with Crippen molar-refractivity contribution >= 4 is 25.9 Å². The van der Waals surface area contributed by atoms with Gasteiger partial charge >= 0.3 is 0 Å². The molecular weight excluding hydrogens is 330 g/mol. The molecule has 8 nitrogen and oxygen atoms in total. The first-order chi connectivity index (χ1) is 10.3. The fraction of sp³-hybridized carbons (Fsp3) is 0.250. The molecule has 0 saturated carbocycles. The second-order valence-electron chi connectivity index (χ2n) is 4.45. The Bertz CT molecular complexity index is 829. The van der Waals surface area contributed by atoms with Crippen molar-refractivity contribution in [2.24, 2.45) is 0 Å². The normalized spacial score (nSPS) is 12.2. The van der Waals surface area contributed by atoms with Gasteiger partial charge in [0.05, 0.1) is 10.6 Å². The van der Waals surface area contributed by atoms with Crippen molar-refractivity contribution in [1.82, 2.24) is 9.88 Å². The fourth-order valence-corrected chi connectivity index (χ4v) is 3.69. The van der Waals surface area contributed by atoms with Gasteiger partial charge in [-0.05, 0) is 19.1 Å². The van der Waals surface area contributed by atoms with Gasteiger partial charge in [0.2, 0.25) is 20.0 Å². The molecule has 0 fully saturated rings. The number of nitrogens with zero attached hydrogens (tertiary/aromatic N) is 1. The largest absolute Gasteiger partial charge is 0.360 e. The van der Waals surface area contributed by atoms with Crippen LogP contribution in [-0.4, -0.2) is 34.3 Å². The summed E-state index contributed by atoms with van der Waals surface area (Å²) in [6.07, 6.45) is 0. The predicted octanol–water partition coefficient (Wildman–Crippen LogP) is 0.703. The Morgan fingerprint density at radius 1 is 1.14 bits per heavy atom. The molecule has 2 aromatic rings. The summed E-state index contributed by atoms with van der Waals surface area (Å²) in [7, 11) is -7.45. The second kappa shape index (κ2) is 6.46. The number of rotatable bonds is 7. The number of aryl methyl sites for hydroxylation is 1. The molecule has 0 atom stereocenters. The van der Waals surface area contributed by atoms with Gasteiger partial charge in [0.1, 0.15) is 5.76 Å². The van der Waals surface area contributed by atoms with E-state index in [0.29, 0.717) is 5.76 Å². The summed E-state index contributed by atoms with van der Waals surface area (Å²) in [4.78, 5) is 0.0764. The van der Waals surface area contributed by atoms with Gasteiger partial charge in [0.25, 0.3) is 0 Å². The van der Waals surface area contributed by atoms with E-state index in [9.17, 15) is 16.8 Å². The molecule has 0 aliphatic rings. The van der Waals surface area contributed by atoms with Crippen LogP contribution in [-0.2, 0) is 20.0 Å². The zero-order valence-electron chi connectivity index (χ0n) is 11.7. The second-order valence-corrected chi connectivity index (χ2v) is 8.06. The van der Waals surface area contributed by atoms with Crippen LogP contribution < -0.4 is 9.44 Å². The lowest BCUT2D eigenvalue weighted by atomic mass is 10.4. The number of aromatic nitrogens is 1. The number of nitrogens with one attached hydrogen (secondary N) is 2. The summed E-state index contributed by atoms with van der Waals surface area (Å²) in [6.45, 7) is 1.36. The maximum atomic E-state index is 11.9. The summed E-state index contributed by atoms with van der Waals surface area (Å²) >= 11 is 0. The smallest absolute Gasteiger partial charge is 0.240 e. The van der Waals surface area contributed by atoms with Crippen molar-refractivity contribution in [3.63, 3.8) is 0 Å². The van der Waals surface area contributed by atoms with E-state index in [4.69, 9.17) is 4.52 Å². The van der Waals surface area contributed by atoms with Crippen LogP contribution in [0.25, 0.3) is 0 Å². The molecule has 0 spiro atoms. The third-order valence-electron chi connectivity index (χ3n) is 2.60. The van der Waals surface area contributed by atoms with Crippen LogP contribution in [0.4, 0.5) is 5.82 Å². The first-order valence-corrected chi connectivity index (χ1v) is 9.41. The van der Waals surface area contributed by atoms with Crippen molar-refractivity contribution in [1.29, 1.82) is 0 Å². The third kappa shape index (κ3) is 4.55. The lowest BCUT2D eigenvalue weighted by molar-refractivity contribution is 0.400. The van der Waals surface area contributed by atoms with Crippen LogP contribution in [0, 0.1) is 6.92 Å². The summed E-state index contributed by atoms with van der Waals surface area (Å²) in [5.74, 6) is 0.0937. The van der Waals surface area contributed by atoms with E-state index in [1.54, 1.807) is 25.1 Å². The Balaban J connectivity index is 1.93. The summed E-state index contributed by atoms with van der Waals surface area (Å²) in [5, 5.41) is 3.50. The van der Waals surface area contributed by atoms with Gasteiger partial charge in [0.15, 0.2) is 5.82 Å². The molecule has 1 heterocycles. The molecule has 0 unspecified atom stereocenters. The van der Waals surface area contributed by atoms with E-state index in [0.717, 1.165) is 0 Å². The van der Waals surface area contributed by atoms with Crippen molar-refractivity contribution in [2.75, 3.05) is 17.0 Å². The van der Waals surface area contributed by atoms with E-state index in [1.165, 1.54) is 18.2 Å². The van der Waals surface area contributed by atoms with Crippen LogP contribution in [0.15, 0.2) is 45.8 Å². The number of hydrogen-bond donors (Lipinski definition) is 2. The molecule has 2 rings (SSSR count). The van der Waals surface area contributed by atoms with Gasteiger partial charge < -0.3 is 4.52 Å². The molecule has 0 saturated heterocycles. The van der Waals surface area contributed by atoms with Crippen LogP contribution in [0.3, 0.4) is 0 Å². The Kier molecular flexibility index (Phi) is 4.84. The maximum Gasteiger partial charge on any atom is 0.240 e. The quantitative estimate of drug-likeness (QED) is 0.763. The van der Waals surface area contributed by atoms with E-state index < -0.39 is 25.8 Å². The molecule has 0 bridgehead atoms. The molecule has 10 heteroatoms. The van der Waals surface area contributed by atoms with Crippen LogP contribution >= 0.6 is 0 Å². The zero-order valence-corrected chi connectivity index (χ0v) is 13.3. The average Bonchev–Trinajstić information content (AvgIpc) is 2.83. The molecule has 2 N–H and O–H groups in total. The highest BCUT2D eigenvalue weighted by Gasteiger charge is 2.17.